The highest BCUT2D eigenvalue weighted by atomic mass is 16.3. The summed E-state index contributed by atoms with van der Waals surface area (Å²) < 4.78 is 0. The van der Waals surface area contributed by atoms with Crippen LogP contribution >= 0.6 is 0 Å². The lowest BCUT2D eigenvalue weighted by Gasteiger charge is -2.25. The van der Waals surface area contributed by atoms with Crippen LogP contribution in [0.4, 0.5) is 5.69 Å². The van der Waals surface area contributed by atoms with E-state index in [1.807, 2.05) is 12.1 Å². The van der Waals surface area contributed by atoms with E-state index in [1.54, 1.807) is 0 Å². The summed E-state index contributed by atoms with van der Waals surface area (Å²) in [6.07, 6.45) is 45.5. The molecule has 44 heavy (non-hydrogen) atoms. The number of rotatable bonds is 35. The topological polar surface area (TPSA) is 23.5 Å². The van der Waals surface area contributed by atoms with Crippen molar-refractivity contribution >= 4 is 5.69 Å². The summed E-state index contributed by atoms with van der Waals surface area (Å²) in [5, 5.41) is 9.77. The number of benzene rings is 1. The summed E-state index contributed by atoms with van der Waals surface area (Å²) >= 11 is 0. The molecule has 0 aliphatic rings. The molecule has 0 heterocycles. The molecule has 1 aromatic carbocycles. The van der Waals surface area contributed by atoms with Crippen LogP contribution in [0.25, 0.3) is 0 Å². The molecule has 0 saturated heterocycles. The van der Waals surface area contributed by atoms with E-state index in [0.29, 0.717) is 5.75 Å². The molecule has 0 saturated carbocycles. The van der Waals surface area contributed by atoms with Crippen molar-refractivity contribution in [2.45, 2.75) is 219 Å². The molecule has 0 amide bonds. The maximum Gasteiger partial charge on any atom is 0.115 e. The van der Waals surface area contributed by atoms with Crippen LogP contribution < -0.4 is 4.90 Å². The molecule has 0 radical (unpaired) electrons. The number of aromatic hydroxyl groups is 1. The Bertz CT molecular complexity index is 635. The van der Waals surface area contributed by atoms with E-state index in [1.165, 1.54) is 211 Å². The molecule has 2 heteroatoms. The van der Waals surface area contributed by atoms with Gasteiger partial charge in [-0.1, -0.05) is 206 Å². The van der Waals surface area contributed by atoms with Crippen LogP contribution in [0, 0.1) is 0 Å². The van der Waals surface area contributed by atoms with Gasteiger partial charge in [-0.25, -0.2) is 0 Å². The van der Waals surface area contributed by atoms with Crippen LogP contribution in [0.3, 0.4) is 0 Å². The van der Waals surface area contributed by atoms with E-state index in [2.05, 4.69) is 30.9 Å². The highest BCUT2D eigenvalue weighted by Gasteiger charge is 2.07. The first-order valence-corrected chi connectivity index (χ1v) is 20.3. The van der Waals surface area contributed by atoms with Crippen LogP contribution in [-0.4, -0.2) is 18.2 Å². The molecule has 1 N–H and O–H groups in total. The maximum absolute atomic E-state index is 9.77. The Morgan fingerprint density at radius 3 is 0.818 bits per heavy atom. The quantitative estimate of drug-likeness (QED) is 0.0770. The zero-order valence-corrected chi connectivity index (χ0v) is 30.2. The molecule has 0 fully saturated rings. The van der Waals surface area contributed by atoms with Crippen molar-refractivity contribution in [2.24, 2.45) is 0 Å². The highest BCUT2D eigenvalue weighted by molar-refractivity contribution is 5.48. The number of phenols is 1. The average molecular weight is 614 g/mol. The van der Waals surface area contributed by atoms with Crippen molar-refractivity contribution in [3.05, 3.63) is 24.3 Å². The molecule has 1 rings (SSSR count). The standard InChI is InChI=1S/C42H79NO/c1-3-5-7-9-11-13-15-17-19-21-23-25-27-29-31-33-39-43(41-35-37-42(44)38-36-41)40-34-32-30-28-26-24-22-20-18-16-14-12-10-8-6-4-2/h35-38,44H,3-34,39-40H2,1-2H3. The normalized spacial score (nSPS) is 11.4. The van der Waals surface area contributed by atoms with Gasteiger partial charge in [0.25, 0.3) is 0 Å². The molecular formula is C42H79NO. The van der Waals surface area contributed by atoms with Crippen molar-refractivity contribution in [1.29, 1.82) is 0 Å². The third-order valence-corrected chi connectivity index (χ3v) is 9.78. The van der Waals surface area contributed by atoms with Crippen LogP contribution in [-0.2, 0) is 0 Å². The first-order valence-electron chi connectivity index (χ1n) is 20.3. The van der Waals surface area contributed by atoms with Gasteiger partial charge in [0, 0.05) is 18.8 Å². The molecule has 0 aliphatic carbocycles. The lowest BCUT2D eigenvalue weighted by atomic mass is 10.0. The summed E-state index contributed by atoms with van der Waals surface area (Å²) in [7, 11) is 0. The molecular weight excluding hydrogens is 534 g/mol. The van der Waals surface area contributed by atoms with E-state index in [-0.39, 0.29) is 0 Å². The number of unbranched alkanes of at least 4 members (excludes halogenated alkanes) is 30. The number of anilines is 1. The van der Waals surface area contributed by atoms with E-state index in [9.17, 15) is 5.11 Å². The van der Waals surface area contributed by atoms with Gasteiger partial charge in [-0.15, -0.1) is 0 Å². The number of nitrogens with zero attached hydrogens (tertiary/aromatic N) is 1. The van der Waals surface area contributed by atoms with Crippen LogP contribution in [0.5, 0.6) is 5.75 Å². The van der Waals surface area contributed by atoms with Crippen molar-refractivity contribution in [1.82, 2.24) is 0 Å². The first-order chi connectivity index (χ1) is 21.8. The fourth-order valence-electron chi connectivity index (χ4n) is 6.73. The Morgan fingerprint density at radius 2 is 0.568 bits per heavy atom. The van der Waals surface area contributed by atoms with E-state index < -0.39 is 0 Å². The van der Waals surface area contributed by atoms with E-state index >= 15 is 0 Å². The Labute approximate surface area is 277 Å². The Morgan fingerprint density at radius 1 is 0.341 bits per heavy atom. The monoisotopic (exact) mass is 614 g/mol. The van der Waals surface area contributed by atoms with Crippen LogP contribution in [0.15, 0.2) is 24.3 Å². The zero-order chi connectivity index (χ0) is 31.6. The minimum absolute atomic E-state index is 0.374. The largest absolute Gasteiger partial charge is 0.508 e. The van der Waals surface area contributed by atoms with Gasteiger partial charge in [0.15, 0.2) is 0 Å². The minimum atomic E-state index is 0.374. The second-order valence-corrected chi connectivity index (χ2v) is 14.1. The van der Waals surface area contributed by atoms with Gasteiger partial charge in [0.1, 0.15) is 5.75 Å². The third kappa shape index (κ3) is 27.2. The predicted octanol–water partition coefficient (Wildman–Crippen LogP) is 14.7. The third-order valence-electron chi connectivity index (χ3n) is 9.78. The average Bonchev–Trinajstić information content (AvgIpc) is 3.03. The van der Waals surface area contributed by atoms with Crippen molar-refractivity contribution in [3.63, 3.8) is 0 Å². The fourth-order valence-corrected chi connectivity index (χ4v) is 6.73. The molecule has 0 atom stereocenters. The molecule has 0 aliphatic heterocycles. The summed E-state index contributed by atoms with van der Waals surface area (Å²) in [6, 6.07) is 7.91. The van der Waals surface area contributed by atoms with Gasteiger partial charge in [-0.2, -0.15) is 0 Å². The smallest absolute Gasteiger partial charge is 0.115 e. The highest BCUT2D eigenvalue weighted by Crippen LogP contribution is 2.21. The van der Waals surface area contributed by atoms with Gasteiger partial charge >= 0.3 is 0 Å². The molecule has 2 nitrogen and oxygen atoms in total. The van der Waals surface area contributed by atoms with Gasteiger partial charge < -0.3 is 10.0 Å². The molecule has 0 aromatic heterocycles. The van der Waals surface area contributed by atoms with Gasteiger partial charge in [-0.3, -0.25) is 0 Å². The van der Waals surface area contributed by atoms with Gasteiger partial charge in [0.05, 0.1) is 0 Å². The molecule has 0 unspecified atom stereocenters. The Hall–Kier alpha value is -1.18. The number of phenolic OH excluding ortho intramolecular Hbond substituents is 1. The molecule has 258 valence electrons. The number of hydrogen-bond acceptors (Lipinski definition) is 2. The summed E-state index contributed by atoms with van der Waals surface area (Å²) in [5.41, 5.74) is 1.28. The summed E-state index contributed by atoms with van der Waals surface area (Å²) in [5.74, 6) is 0.374. The molecule has 1 aromatic rings. The van der Waals surface area contributed by atoms with Crippen LogP contribution in [0.2, 0.25) is 0 Å². The van der Waals surface area contributed by atoms with Gasteiger partial charge in [0.2, 0.25) is 0 Å². The molecule has 0 spiro atoms. The van der Waals surface area contributed by atoms with Crippen molar-refractivity contribution in [2.75, 3.05) is 18.0 Å². The Balaban J connectivity index is 2.01. The Kier molecular flexibility index (Phi) is 30.8. The second-order valence-electron chi connectivity index (χ2n) is 14.1. The van der Waals surface area contributed by atoms with Crippen molar-refractivity contribution < 1.29 is 5.11 Å². The summed E-state index contributed by atoms with van der Waals surface area (Å²) in [6.45, 7) is 6.91. The predicted molar refractivity (Wildman–Crippen MR) is 199 cm³/mol. The van der Waals surface area contributed by atoms with Crippen molar-refractivity contribution in [3.8, 4) is 5.75 Å². The first kappa shape index (κ1) is 40.8. The fraction of sp³-hybridized carbons (Fsp3) is 0.857. The van der Waals surface area contributed by atoms with E-state index in [0.717, 1.165) is 13.1 Å². The lowest BCUT2D eigenvalue weighted by Crippen LogP contribution is -2.25. The number of hydrogen-bond donors (Lipinski definition) is 1. The van der Waals surface area contributed by atoms with Gasteiger partial charge in [-0.05, 0) is 37.1 Å². The maximum atomic E-state index is 9.77. The lowest BCUT2D eigenvalue weighted by molar-refractivity contribution is 0.475. The minimum Gasteiger partial charge on any atom is -0.508 e. The van der Waals surface area contributed by atoms with E-state index in [4.69, 9.17) is 0 Å². The zero-order valence-electron chi connectivity index (χ0n) is 30.2. The summed E-state index contributed by atoms with van der Waals surface area (Å²) in [4.78, 5) is 2.58. The second kappa shape index (κ2) is 33.2. The SMILES string of the molecule is CCCCCCCCCCCCCCCCCCN(CCCCCCCCCCCCCCCCCC)c1ccc(O)cc1. The molecule has 0 bridgehead atoms. The van der Waals surface area contributed by atoms with Crippen LogP contribution in [0.1, 0.15) is 219 Å².